The third-order valence-corrected chi connectivity index (χ3v) is 4.81. The van der Waals surface area contributed by atoms with Crippen LogP contribution in [-0.4, -0.2) is 41.1 Å². The lowest BCUT2D eigenvalue weighted by Gasteiger charge is -2.37. The summed E-state index contributed by atoms with van der Waals surface area (Å²) in [5, 5.41) is 10.4. The zero-order valence-corrected chi connectivity index (χ0v) is 15.6. The van der Waals surface area contributed by atoms with Gasteiger partial charge in [-0.25, -0.2) is 4.39 Å². The topological polar surface area (TPSA) is 29.5 Å². The molecule has 0 aliphatic heterocycles. The molecule has 1 atom stereocenters. The van der Waals surface area contributed by atoms with E-state index in [9.17, 15) is 44.6 Å². The minimum absolute atomic E-state index is 0.0463. The Hall–Kier alpha value is -1.65. The molecule has 0 amide bonds. The molecule has 1 aromatic carbocycles. The van der Waals surface area contributed by atoms with E-state index in [-0.39, 0.29) is 18.3 Å². The molecule has 1 aromatic rings. The molecule has 29 heavy (non-hydrogen) atoms. The number of halogens is 9. The van der Waals surface area contributed by atoms with Crippen molar-refractivity contribution in [2.75, 3.05) is 6.61 Å². The first-order chi connectivity index (χ1) is 12.8. The van der Waals surface area contributed by atoms with Crippen LogP contribution in [0.2, 0.25) is 0 Å². The maximum absolute atomic E-state index is 14.7. The Balaban J connectivity index is 2.47. The highest BCUT2D eigenvalue weighted by atomic mass is 19.4. The van der Waals surface area contributed by atoms with Crippen molar-refractivity contribution >= 4 is 0 Å². The normalized spacial score (nSPS) is 25.6. The summed E-state index contributed by atoms with van der Waals surface area (Å²) in [7, 11) is 0. The molecule has 1 N–H and O–H groups in total. The first kappa shape index (κ1) is 23.6. The molecule has 0 spiro atoms. The molecule has 0 bridgehead atoms. The fourth-order valence-electron chi connectivity index (χ4n) is 3.07. The summed E-state index contributed by atoms with van der Waals surface area (Å²) < 4.78 is 129. The van der Waals surface area contributed by atoms with E-state index in [0.29, 0.717) is 6.92 Å². The molecule has 166 valence electrons. The molecule has 0 radical (unpaired) electrons. The van der Waals surface area contributed by atoms with Gasteiger partial charge in [0.25, 0.3) is 5.67 Å². The summed E-state index contributed by atoms with van der Waals surface area (Å²) >= 11 is 0. The Kier molecular flexibility index (Phi) is 5.44. The van der Waals surface area contributed by atoms with Crippen molar-refractivity contribution in [1.29, 1.82) is 0 Å². The number of rotatable bonds is 6. The van der Waals surface area contributed by atoms with Gasteiger partial charge >= 0.3 is 23.7 Å². The van der Waals surface area contributed by atoms with E-state index in [1.165, 1.54) is 12.1 Å². The molecule has 1 aliphatic rings. The molecule has 1 aliphatic carbocycles. The molecule has 0 heterocycles. The van der Waals surface area contributed by atoms with Crippen LogP contribution in [0.5, 0.6) is 5.75 Å². The highest BCUT2D eigenvalue weighted by Gasteiger charge is 3.00. The highest BCUT2D eigenvalue weighted by molar-refractivity contribution is 5.35. The van der Waals surface area contributed by atoms with Gasteiger partial charge in [0.2, 0.25) is 0 Å². The Bertz CT molecular complexity index is 733. The predicted molar refractivity (Wildman–Crippen MR) is 84.6 cm³/mol. The van der Waals surface area contributed by atoms with Crippen LogP contribution in [0.25, 0.3) is 0 Å². The zero-order valence-electron chi connectivity index (χ0n) is 15.6. The zero-order chi connectivity index (χ0) is 22.7. The summed E-state index contributed by atoms with van der Waals surface area (Å²) in [6.45, 7) is 4.33. The Labute approximate surface area is 160 Å². The average molecular weight is 438 g/mol. The van der Waals surface area contributed by atoms with E-state index in [1.807, 2.05) is 0 Å². The lowest BCUT2D eigenvalue weighted by Crippen LogP contribution is -2.57. The van der Waals surface area contributed by atoms with E-state index >= 15 is 0 Å². The van der Waals surface area contributed by atoms with Crippen LogP contribution in [0.4, 0.5) is 39.5 Å². The SMILES string of the molecule is CC(C)COc1cccc(C(C)(O)CC2(F)C(F)(F)C(F)(F)C(F)(F)C2(F)F)c1. The maximum atomic E-state index is 14.7. The second kappa shape index (κ2) is 6.68. The summed E-state index contributed by atoms with van der Waals surface area (Å²) in [6, 6.07) is 4.56. The number of hydrogen-bond donors (Lipinski definition) is 1. The van der Waals surface area contributed by atoms with Gasteiger partial charge in [-0.3, -0.25) is 0 Å². The molecular formula is C18H19F9O2. The Morgan fingerprint density at radius 1 is 0.897 bits per heavy atom. The second-order valence-electron chi connectivity index (χ2n) is 7.78. The quantitative estimate of drug-likeness (QED) is 0.588. The predicted octanol–water partition coefficient (Wildman–Crippen LogP) is 5.58. The van der Waals surface area contributed by atoms with Crippen LogP contribution >= 0.6 is 0 Å². The van der Waals surface area contributed by atoms with E-state index in [1.54, 1.807) is 13.8 Å². The van der Waals surface area contributed by atoms with E-state index in [2.05, 4.69) is 0 Å². The van der Waals surface area contributed by atoms with Crippen LogP contribution in [0, 0.1) is 5.92 Å². The fraction of sp³-hybridized carbons (Fsp3) is 0.667. The van der Waals surface area contributed by atoms with Crippen molar-refractivity contribution in [3.8, 4) is 5.75 Å². The first-order valence-electron chi connectivity index (χ1n) is 8.51. The second-order valence-corrected chi connectivity index (χ2v) is 7.78. The Morgan fingerprint density at radius 3 is 1.83 bits per heavy atom. The number of alkyl halides is 9. The van der Waals surface area contributed by atoms with Gasteiger partial charge in [-0.05, 0) is 30.5 Å². The number of hydrogen-bond acceptors (Lipinski definition) is 2. The largest absolute Gasteiger partial charge is 0.493 e. The number of ether oxygens (including phenoxy) is 1. The van der Waals surface area contributed by atoms with Crippen LogP contribution < -0.4 is 4.74 Å². The van der Waals surface area contributed by atoms with Crippen molar-refractivity contribution in [2.24, 2.45) is 5.92 Å². The Morgan fingerprint density at radius 2 is 1.38 bits per heavy atom. The van der Waals surface area contributed by atoms with E-state index < -0.39 is 46.9 Å². The average Bonchev–Trinajstić information content (AvgIpc) is 2.62. The highest BCUT2D eigenvalue weighted by Crippen LogP contribution is 2.70. The van der Waals surface area contributed by atoms with Crippen LogP contribution in [0.3, 0.4) is 0 Å². The number of aliphatic hydroxyl groups is 1. The number of benzene rings is 1. The van der Waals surface area contributed by atoms with E-state index in [4.69, 9.17) is 4.74 Å². The third kappa shape index (κ3) is 3.16. The van der Waals surface area contributed by atoms with Gasteiger partial charge in [0.15, 0.2) is 0 Å². The van der Waals surface area contributed by atoms with Crippen LogP contribution in [0.15, 0.2) is 24.3 Å². The minimum Gasteiger partial charge on any atom is -0.493 e. The van der Waals surface area contributed by atoms with Crippen LogP contribution in [-0.2, 0) is 5.60 Å². The molecule has 0 saturated heterocycles. The monoisotopic (exact) mass is 438 g/mol. The molecular weight excluding hydrogens is 419 g/mol. The summed E-state index contributed by atoms with van der Waals surface area (Å²) in [6.07, 6.45) is -2.42. The van der Waals surface area contributed by atoms with Gasteiger partial charge < -0.3 is 9.84 Å². The molecule has 1 saturated carbocycles. The van der Waals surface area contributed by atoms with Gasteiger partial charge in [0, 0.05) is 6.42 Å². The smallest absolute Gasteiger partial charge is 0.381 e. The molecule has 2 rings (SSSR count). The van der Waals surface area contributed by atoms with E-state index in [0.717, 1.165) is 12.1 Å². The summed E-state index contributed by atoms with van der Waals surface area (Å²) in [5.41, 5.74) is -9.12. The van der Waals surface area contributed by atoms with Crippen molar-refractivity contribution in [1.82, 2.24) is 0 Å². The van der Waals surface area contributed by atoms with Gasteiger partial charge in [-0.2, -0.15) is 35.1 Å². The molecule has 2 nitrogen and oxygen atoms in total. The first-order valence-corrected chi connectivity index (χ1v) is 8.51. The van der Waals surface area contributed by atoms with Gasteiger partial charge in [0.05, 0.1) is 12.2 Å². The lowest BCUT2D eigenvalue weighted by atomic mass is 9.80. The standard InChI is InChI=1S/C18H19F9O2/c1-10(2)8-29-12-6-4-5-11(7-12)13(3,28)9-14(19)15(20,21)17(24,25)18(26,27)16(14,22)23/h4-7,10,28H,8-9H2,1-3H3. The lowest BCUT2D eigenvalue weighted by molar-refractivity contribution is -0.303. The molecule has 11 heteroatoms. The van der Waals surface area contributed by atoms with Gasteiger partial charge in [0.1, 0.15) is 5.75 Å². The summed E-state index contributed by atoms with van der Waals surface area (Å²) in [5.74, 6) is -26.2. The van der Waals surface area contributed by atoms with Crippen molar-refractivity contribution in [3.63, 3.8) is 0 Å². The van der Waals surface area contributed by atoms with Crippen molar-refractivity contribution in [2.45, 2.75) is 62.2 Å². The van der Waals surface area contributed by atoms with Gasteiger partial charge in [-0.15, -0.1) is 0 Å². The summed E-state index contributed by atoms with van der Waals surface area (Å²) in [4.78, 5) is 0. The van der Waals surface area contributed by atoms with Crippen molar-refractivity contribution < 1.29 is 49.4 Å². The fourth-order valence-corrected chi connectivity index (χ4v) is 3.07. The van der Waals surface area contributed by atoms with Crippen LogP contribution in [0.1, 0.15) is 32.8 Å². The minimum atomic E-state index is -6.67. The molecule has 1 unspecified atom stereocenters. The van der Waals surface area contributed by atoms with Gasteiger partial charge in [-0.1, -0.05) is 26.0 Å². The molecule has 0 aromatic heterocycles. The molecule has 1 fully saturated rings. The maximum Gasteiger partial charge on any atom is 0.381 e. The third-order valence-electron chi connectivity index (χ3n) is 4.81. The van der Waals surface area contributed by atoms with Crippen molar-refractivity contribution in [3.05, 3.63) is 29.8 Å².